The lowest BCUT2D eigenvalue weighted by Gasteiger charge is -2.22. The smallest absolute Gasteiger partial charge is 0.323 e. The lowest BCUT2D eigenvalue weighted by molar-refractivity contribution is 0.0951. The normalized spacial score (nSPS) is 15.7. The van der Waals surface area contributed by atoms with E-state index in [0.29, 0.717) is 22.7 Å². The zero-order chi connectivity index (χ0) is 20.2. The molecule has 0 aromatic heterocycles. The second-order valence-corrected chi connectivity index (χ2v) is 7.45. The monoisotopic (exact) mass is 394 g/mol. The molecule has 0 radical (unpaired) electrons. The van der Waals surface area contributed by atoms with Crippen LogP contribution in [0, 0.1) is 0 Å². The highest BCUT2D eigenvalue weighted by molar-refractivity contribution is 6.04. The molecule has 1 aliphatic carbocycles. The summed E-state index contributed by atoms with van der Waals surface area (Å²) in [5.74, 6) is 0.500. The predicted molar refractivity (Wildman–Crippen MR) is 114 cm³/mol. The van der Waals surface area contributed by atoms with Gasteiger partial charge in [0.2, 0.25) is 0 Å². The number of para-hydroxylation sites is 2. The van der Waals surface area contributed by atoms with Gasteiger partial charge in [0.05, 0.1) is 18.4 Å². The lowest BCUT2D eigenvalue weighted by atomic mass is 10.1. The van der Waals surface area contributed by atoms with Crippen LogP contribution in [0.3, 0.4) is 0 Å². The number of hydrogen-bond donors (Lipinski definition) is 3. The van der Waals surface area contributed by atoms with Crippen LogP contribution in [0.4, 0.5) is 21.9 Å². The Morgan fingerprint density at radius 1 is 1.03 bits per heavy atom. The molecular formula is C22H26N4O3. The Hall–Kier alpha value is -3.22. The molecule has 1 aliphatic heterocycles. The van der Waals surface area contributed by atoms with Crippen LogP contribution in [0.1, 0.15) is 36.0 Å². The van der Waals surface area contributed by atoms with E-state index in [-0.39, 0.29) is 11.9 Å². The summed E-state index contributed by atoms with van der Waals surface area (Å²) in [5.41, 5.74) is 2.68. The summed E-state index contributed by atoms with van der Waals surface area (Å²) < 4.78 is 5.26. The van der Waals surface area contributed by atoms with Crippen LogP contribution in [0.25, 0.3) is 0 Å². The molecule has 2 aromatic rings. The number of benzene rings is 2. The molecule has 0 spiro atoms. The number of anilines is 3. The molecule has 29 heavy (non-hydrogen) atoms. The van der Waals surface area contributed by atoms with Crippen LogP contribution >= 0.6 is 0 Å². The van der Waals surface area contributed by atoms with Crippen molar-refractivity contribution < 1.29 is 14.3 Å². The number of amides is 3. The first-order valence-corrected chi connectivity index (χ1v) is 10.0. The number of nitrogens with one attached hydrogen (secondary N) is 3. The van der Waals surface area contributed by atoms with Crippen LogP contribution in [-0.2, 0) is 0 Å². The Bertz CT molecular complexity index is 905. The molecule has 0 bridgehead atoms. The van der Waals surface area contributed by atoms with E-state index < -0.39 is 6.03 Å². The first-order chi connectivity index (χ1) is 14.1. The first-order valence-electron chi connectivity index (χ1n) is 10.0. The fraction of sp³-hybridized carbons (Fsp3) is 0.364. The van der Waals surface area contributed by atoms with Gasteiger partial charge in [-0.25, -0.2) is 4.79 Å². The number of rotatable bonds is 6. The van der Waals surface area contributed by atoms with Crippen molar-refractivity contribution in [1.82, 2.24) is 5.32 Å². The highest BCUT2D eigenvalue weighted by Gasteiger charge is 2.27. The highest BCUT2D eigenvalue weighted by atomic mass is 16.5. The van der Waals surface area contributed by atoms with Crippen molar-refractivity contribution in [1.29, 1.82) is 0 Å². The van der Waals surface area contributed by atoms with E-state index in [9.17, 15) is 9.59 Å². The van der Waals surface area contributed by atoms with Gasteiger partial charge in [-0.2, -0.15) is 0 Å². The molecule has 1 saturated heterocycles. The molecule has 7 heteroatoms. The number of methoxy groups -OCH3 is 1. The molecule has 2 aliphatic rings. The van der Waals surface area contributed by atoms with Crippen LogP contribution < -0.4 is 25.6 Å². The molecule has 7 nitrogen and oxygen atoms in total. The number of carbonyl (C=O) groups excluding carboxylic acids is 2. The predicted octanol–water partition coefficient (Wildman–Crippen LogP) is 3.83. The molecule has 3 amide bonds. The van der Waals surface area contributed by atoms with Gasteiger partial charge in [-0.3, -0.25) is 4.79 Å². The van der Waals surface area contributed by atoms with Gasteiger partial charge in [0.15, 0.2) is 0 Å². The average Bonchev–Trinajstić information content (AvgIpc) is 3.37. The SMILES string of the molecule is COc1ccccc1NC(=O)Nc1ccc(N2CCCC2)c(C(=O)NC2CC2)c1. The van der Waals surface area contributed by atoms with Crippen molar-refractivity contribution in [2.24, 2.45) is 0 Å². The van der Waals surface area contributed by atoms with Crippen LogP contribution in [-0.4, -0.2) is 38.2 Å². The maximum absolute atomic E-state index is 12.8. The maximum Gasteiger partial charge on any atom is 0.323 e. The average molecular weight is 394 g/mol. The summed E-state index contributed by atoms with van der Waals surface area (Å²) in [6.45, 7) is 1.90. The summed E-state index contributed by atoms with van der Waals surface area (Å²) in [5, 5.41) is 8.66. The second-order valence-electron chi connectivity index (χ2n) is 7.45. The quantitative estimate of drug-likeness (QED) is 0.695. The number of ether oxygens (including phenoxy) is 1. The van der Waals surface area contributed by atoms with Crippen LogP contribution in [0.5, 0.6) is 5.75 Å². The molecule has 3 N–H and O–H groups in total. The summed E-state index contributed by atoms with van der Waals surface area (Å²) >= 11 is 0. The van der Waals surface area contributed by atoms with E-state index in [0.717, 1.165) is 44.5 Å². The molecule has 2 fully saturated rings. The Morgan fingerprint density at radius 2 is 1.79 bits per heavy atom. The summed E-state index contributed by atoms with van der Waals surface area (Å²) in [4.78, 5) is 27.5. The van der Waals surface area contributed by atoms with E-state index >= 15 is 0 Å². The third kappa shape index (κ3) is 4.62. The van der Waals surface area contributed by atoms with Gasteiger partial charge in [-0.1, -0.05) is 12.1 Å². The molecule has 0 unspecified atom stereocenters. The van der Waals surface area contributed by atoms with E-state index in [1.54, 1.807) is 25.3 Å². The number of urea groups is 1. The largest absolute Gasteiger partial charge is 0.495 e. The Morgan fingerprint density at radius 3 is 2.52 bits per heavy atom. The van der Waals surface area contributed by atoms with Gasteiger partial charge in [-0.05, 0) is 56.0 Å². The van der Waals surface area contributed by atoms with Crippen LogP contribution in [0.15, 0.2) is 42.5 Å². The van der Waals surface area contributed by atoms with E-state index in [1.807, 2.05) is 24.3 Å². The van der Waals surface area contributed by atoms with Gasteiger partial charge in [0, 0.05) is 30.5 Å². The fourth-order valence-electron chi connectivity index (χ4n) is 3.55. The molecule has 152 valence electrons. The number of nitrogens with zero attached hydrogens (tertiary/aromatic N) is 1. The molecule has 4 rings (SSSR count). The van der Waals surface area contributed by atoms with Gasteiger partial charge in [0.1, 0.15) is 5.75 Å². The second kappa shape index (κ2) is 8.43. The molecule has 1 heterocycles. The highest BCUT2D eigenvalue weighted by Crippen LogP contribution is 2.29. The maximum atomic E-state index is 12.8. The Kier molecular flexibility index (Phi) is 5.55. The zero-order valence-corrected chi connectivity index (χ0v) is 16.5. The minimum atomic E-state index is -0.392. The minimum Gasteiger partial charge on any atom is -0.495 e. The standard InChI is InChI=1S/C22H26N4O3/c1-29-20-7-3-2-6-18(20)25-22(28)24-16-10-11-19(26-12-4-5-13-26)17(14-16)21(27)23-15-8-9-15/h2-3,6-7,10-11,14-15H,4-5,8-9,12-13H2,1H3,(H,23,27)(H2,24,25,28). The number of carbonyl (C=O) groups is 2. The van der Waals surface area contributed by atoms with Crippen molar-refractivity contribution in [2.45, 2.75) is 31.7 Å². The van der Waals surface area contributed by atoms with Gasteiger partial charge >= 0.3 is 6.03 Å². The van der Waals surface area contributed by atoms with Crippen molar-refractivity contribution in [3.05, 3.63) is 48.0 Å². The van der Waals surface area contributed by atoms with Crippen molar-refractivity contribution in [3.8, 4) is 5.75 Å². The van der Waals surface area contributed by atoms with E-state index in [4.69, 9.17) is 4.74 Å². The number of hydrogen-bond acceptors (Lipinski definition) is 4. The fourth-order valence-corrected chi connectivity index (χ4v) is 3.55. The van der Waals surface area contributed by atoms with Gasteiger partial charge < -0.3 is 25.6 Å². The first kappa shape index (κ1) is 19.1. The third-order valence-corrected chi connectivity index (χ3v) is 5.21. The third-order valence-electron chi connectivity index (χ3n) is 5.21. The topological polar surface area (TPSA) is 82.7 Å². The van der Waals surface area contributed by atoms with Crippen molar-refractivity contribution in [2.75, 3.05) is 35.7 Å². The summed E-state index contributed by atoms with van der Waals surface area (Å²) in [6, 6.07) is 12.6. The summed E-state index contributed by atoms with van der Waals surface area (Å²) in [6.07, 6.45) is 4.32. The van der Waals surface area contributed by atoms with E-state index in [2.05, 4.69) is 20.9 Å². The van der Waals surface area contributed by atoms with Crippen LogP contribution in [0.2, 0.25) is 0 Å². The lowest BCUT2D eigenvalue weighted by Crippen LogP contribution is -2.29. The van der Waals surface area contributed by atoms with E-state index in [1.165, 1.54) is 0 Å². The zero-order valence-electron chi connectivity index (χ0n) is 16.5. The van der Waals surface area contributed by atoms with Gasteiger partial charge in [0.25, 0.3) is 5.91 Å². The Labute approximate surface area is 170 Å². The van der Waals surface area contributed by atoms with Crippen molar-refractivity contribution >= 4 is 29.0 Å². The van der Waals surface area contributed by atoms with Gasteiger partial charge in [-0.15, -0.1) is 0 Å². The Balaban J connectivity index is 1.52. The molecule has 2 aromatic carbocycles. The molecular weight excluding hydrogens is 368 g/mol. The molecule has 1 saturated carbocycles. The van der Waals surface area contributed by atoms with Crippen molar-refractivity contribution in [3.63, 3.8) is 0 Å². The minimum absolute atomic E-state index is 0.0804. The summed E-state index contributed by atoms with van der Waals surface area (Å²) in [7, 11) is 1.56. The molecule has 0 atom stereocenters.